The molecule has 3 aliphatic heterocycles. The monoisotopic (exact) mass is 1420 g/mol. The Labute approximate surface area is 605 Å². The SMILES string of the molecule is CC/C=C\C/C=C\C/C=C\C/C=C\C/C=C\CCCCCCCCCCCCCCCCCC(=O)NC(COC1OC(CO)C(OC2OC(CO)C(OC3OC(CO)C(O)C(O)C3O)C(O)C2O)C(O)C1O)C(O)CCCCCCCCCCCCCCCCCCCCCCCCCC. The van der Waals surface area contributed by atoms with Crippen molar-refractivity contribution in [2.24, 2.45) is 0 Å². The van der Waals surface area contributed by atoms with Crippen LogP contribution in [-0.2, 0) is 33.2 Å². The molecule has 584 valence electrons. The molecule has 0 saturated carbocycles. The van der Waals surface area contributed by atoms with E-state index in [4.69, 9.17) is 28.4 Å². The molecule has 0 radical (unpaired) electrons. The standard InChI is InChI=1S/C81H147NO18/c1-3-5-7-9-11-13-15-17-19-21-23-25-27-29-30-31-32-33-34-35-37-39-41-43-45-47-49-51-53-55-57-59-69(87)82-64(65(86)58-56-54-52-50-48-46-44-42-40-38-36-28-26-24-22-20-18-16-14-12-10-8-6-4-2)63-95-79-75(93)72(90)77(67(61-84)97-79)100-81-76(94)73(91)78(68(62-85)98-81)99-80-74(92)71(89)70(88)66(60-83)96-80/h5,7,11,13,17,19,23,25,29-30,64-68,70-81,83-86,88-94H,3-4,6,8-10,12,14-16,18,20-22,24,26-28,31-63H2,1-2H3,(H,82,87)/b7-5-,13-11-,19-17-,25-23-,30-29-. The van der Waals surface area contributed by atoms with Gasteiger partial charge in [-0.15, -0.1) is 0 Å². The molecule has 0 bridgehead atoms. The fourth-order valence-corrected chi connectivity index (χ4v) is 13.6. The van der Waals surface area contributed by atoms with Crippen molar-refractivity contribution in [2.45, 2.75) is 420 Å². The highest BCUT2D eigenvalue weighted by Crippen LogP contribution is 2.33. The Morgan fingerprint density at radius 2 is 0.690 bits per heavy atom. The summed E-state index contributed by atoms with van der Waals surface area (Å²) in [6.07, 6.45) is 51.6. The molecule has 3 heterocycles. The lowest BCUT2D eigenvalue weighted by atomic mass is 9.96. The summed E-state index contributed by atoms with van der Waals surface area (Å²) in [5.74, 6) is -0.240. The molecule has 19 heteroatoms. The average Bonchev–Trinajstić information content (AvgIpc) is 0.783. The lowest BCUT2D eigenvalue weighted by Crippen LogP contribution is -2.66. The van der Waals surface area contributed by atoms with Crippen LogP contribution in [0.15, 0.2) is 60.8 Å². The number of unbranched alkanes of at least 4 members (excludes halogenated alkanes) is 38. The van der Waals surface area contributed by atoms with Crippen LogP contribution in [-0.4, -0.2) is 193 Å². The first-order valence-electron chi connectivity index (χ1n) is 40.5. The molecule has 17 atom stereocenters. The first-order valence-corrected chi connectivity index (χ1v) is 40.5. The van der Waals surface area contributed by atoms with E-state index in [0.29, 0.717) is 12.8 Å². The lowest BCUT2D eigenvalue weighted by Gasteiger charge is -2.48. The highest BCUT2D eigenvalue weighted by atomic mass is 16.8. The maximum atomic E-state index is 13.5. The van der Waals surface area contributed by atoms with Crippen LogP contribution in [0.2, 0.25) is 0 Å². The predicted octanol–water partition coefficient (Wildman–Crippen LogP) is 13.5. The Hall–Kier alpha value is -2.51. The molecule has 0 aromatic rings. The molecular weight excluding hydrogens is 1270 g/mol. The summed E-state index contributed by atoms with van der Waals surface area (Å²) in [5, 5.41) is 121. The van der Waals surface area contributed by atoms with E-state index in [1.807, 2.05) is 0 Å². The van der Waals surface area contributed by atoms with E-state index in [2.05, 4.69) is 79.9 Å². The Morgan fingerprint density at radius 3 is 1.08 bits per heavy atom. The number of aliphatic hydroxyl groups is 11. The number of hydrogen-bond acceptors (Lipinski definition) is 18. The van der Waals surface area contributed by atoms with Crippen LogP contribution in [0.1, 0.15) is 316 Å². The molecule has 3 fully saturated rings. The summed E-state index contributed by atoms with van der Waals surface area (Å²) < 4.78 is 34.5. The van der Waals surface area contributed by atoms with Gasteiger partial charge in [0, 0.05) is 6.42 Å². The molecule has 0 aliphatic carbocycles. The molecule has 12 N–H and O–H groups in total. The van der Waals surface area contributed by atoms with Gasteiger partial charge in [0.15, 0.2) is 18.9 Å². The molecule has 0 aromatic heterocycles. The molecule has 3 rings (SSSR count). The van der Waals surface area contributed by atoms with E-state index >= 15 is 0 Å². The van der Waals surface area contributed by atoms with E-state index in [1.54, 1.807) is 0 Å². The second-order valence-corrected chi connectivity index (χ2v) is 28.9. The number of carbonyl (C=O) groups excluding carboxylic acids is 1. The maximum absolute atomic E-state index is 13.5. The third-order valence-corrected chi connectivity index (χ3v) is 20.1. The lowest BCUT2D eigenvalue weighted by molar-refractivity contribution is -0.379. The number of hydrogen-bond donors (Lipinski definition) is 12. The first-order chi connectivity index (χ1) is 48.8. The summed E-state index contributed by atoms with van der Waals surface area (Å²) >= 11 is 0. The Bertz CT molecular complexity index is 2040. The van der Waals surface area contributed by atoms with Crippen molar-refractivity contribution in [1.29, 1.82) is 0 Å². The zero-order valence-corrected chi connectivity index (χ0v) is 62.4. The molecule has 1 amide bonds. The van der Waals surface area contributed by atoms with Crippen LogP contribution in [0.3, 0.4) is 0 Å². The molecular formula is C81H147NO18. The number of rotatable bonds is 64. The minimum absolute atomic E-state index is 0.240. The van der Waals surface area contributed by atoms with Crippen LogP contribution in [0.25, 0.3) is 0 Å². The number of carbonyl (C=O) groups is 1. The third-order valence-electron chi connectivity index (χ3n) is 20.1. The fourth-order valence-electron chi connectivity index (χ4n) is 13.6. The molecule has 0 aromatic carbocycles. The molecule has 3 aliphatic rings. The average molecular weight is 1420 g/mol. The van der Waals surface area contributed by atoms with Crippen LogP contribution in [0.5, 0.6) is 0 Å². The molecule has 19 nitrogen and oxygen atoms in total. The number of amides is 1. The first kappa shape index (κ1) is 91.7. The van der Waals surface area contributed by atoms with Crippen molar-refractivity contribution in [3.8, 4) is 0 Å². The van der Waals surface area contributed by atoms with E-state index < -0.39 is 124 Å². The molecule has 3 saturated heterocycles. The van der Waals surface area contributed by atoms with E-state index in [9.17, 15) is 61.0 Å². The van der Waals surface area contributed by atoms with Crippen molar-refractivity contribution in [2.75, 3.05) is 26.4 Å². The highest BCUT2D eigenvalue weighted by Gasteiger charge is 2.54. The minimum atomic E-state index is -1.97. The van der Waals surface area contributed by atoms with Crippen molar-refractivity contribution in [3.05, 3.63) is 60.8 Å². The molecule has 100 heavy (non-hydrogen) atoms. The van der Waals surface area contributed by atoms with Gasteiger partial charge in [0.2, 0.25) is 5.91 Å². The van der Waals surface area contributed by atoms with Crippen LogP contribution in [0, 0.1) is 0 Å². The van der Waals surface area contributed by atoms with Crippen LogP contribution in [0.4, 0.5) is 0 Å². The Balaban J connectivity index is 1.36. The smallest absolute Gasteiger partial charge is 0.220 e. The van der Waals surface area contributed by atoms with Crippen molar-refractivity contribution in [1.82, 2.24) is 5.32 Å². The Kier molecular flexibility index (Phi) is 56.5. The summed E-state index contributed by atoms with van der Waals surface area (Å²) in [6, 6.07) is -0.891. The zero-order valence-electron chi connectivity index (χ0n) is 62.4. The van der Waals surface area contributed by atoms with Gasteiger partial charge in [0.1, 0.15) is 73.2 Å². The van der Waals surface area contributed by atoms with Gasteiger partial charge >= 0.3 is 0 Å². The maximum Gasteiger partial charge on any atom is 0.220 e. The topological polar surface area (TPSA) is 307 Å². The minimum Gasteiger partial charge on any atom is -0.394 e. The predicted molar refractivity (Wildman–Crippen MR) is 397 cm³/mol. The van der Waals surface area contributed by atoms with Crippen molar-refractivity contribution >= 4 is 5.91 Å². The normalized spacial score (nSPS) is 26.8. The van der Waals surface area contributed by atoms with Crippen molar-refractivity contribution < 1.29 is 89.4 Å². The van der Waals surface area contributed by atoms with Gasteiger partial charge < -0.3 is 89.9 Å². The Morgan fingerprint density at radius 1 is 0.370 bits per heavy atom. The van der Waals surface area contributed by atoms with Gasteiger partial charge in [-0.1, -0.05) is 312 Å². The zero-order chi connectivity index (χ0) is 72.5. The van der Waals surface area contributed by atoms with Gasteiger partial charge in [0.25, 0.3) is 0 Å². The van der Waals surface area contributed by atoms with Gasteiger partial charge in [-0.3, -0.25) is 4.79 Å². The second kappa shape index (κ2) is 61.6. The van der Waals surface area contributed by atoms with Crippen molar-refractivity contribution in [3.63, 3.8) is 0 Å². The van der Waals surface area contributed by atoms with Gasteiger partial charge in [-0.25, -0.2) is 0 Å². The van der Waals surface area contributed by atoms with Gasteiger partial charge in [-0.05, 0) is 57.8 Å². The van der Waals surface area contributed by atoms with Crippen LogP contribution >= 0.6 is 0 Å². The largest absolute Gasteiger partial charge is 0.394 e. The highest BCUT2D eigenvalue weighted by molar-refractivity contribution is 5.76. The summed E-state index contributed by atoms with van der Waals surface area (Å²) in [6.45, 7) is 1.73. The van der Waals surface area contributed by atoms with Gasteiger partial charge in [-0.2, -0.15) is 0 Å². The molecule has 0 spiro atoms. The number of aliphatic hydroxyl groups excluding tert-OH is 11. The third kappa shape index (κ3) is 41.4. The number of ether oxygens (including phenoxy) is 6. The second-order valence-electron chi connectivity index (χ2n) is 28.9. The summed E-state index contributed by atoms with van der Waals surface area (Å²) in [7, 11) is 0. The fraction of sp³-hybridized carbons (Fsp3) is 0.864. The number of nitrogens with one attached hydrogen (secondary N) is 1. The number of allylic oxidation sites excluding steroid dienone is 10. The van der Waals surface area contributed by atoms with Crippen LogP contribution < -0.4 is 5.32 Å². The summed E-state index contributed by atoms with van der Waals surface area (Å²) in [5.41, 5.74) is 0. The van der Waals surface area contributed by atoms with E-state index in [0.717, 1.165) is 77.0 Å². The van der Waals surface area contributed by atoms with Gasteiger partial charge in [0.05, 0.1) is 38.6 Å². The van der Waals surface area contributed by atoms with E-state index in [1.165, 1.54) is 205 Å². The quantitative estimate of drug-likeness (QED) is 0.0199. The molecule has 17 unspecified atom stereocenters. The summed E-state index contributed by atoms with van der Waals surface area (Å²) in [4.78, 5) is 13.5. The van der Waals surface area contributed by atoms with E-state index in [-0.39, 0.29) is 18.9 Å².